The Labute approximate surface area is 224 Å². The first-order chi connectivity index (χ1) is 18.7. The highest BCUT2D eigenvalue weighted by molar-refractivity contribution is 6.11. The summed E-state index contributed by atoms with van der Waals surface area (Å²) in [6, 6.07) is 11.0. The summed E-state index contributed by atoms with van der Waals surface area (Å²) in [6.07, 6.45) is 3.27. The van der Waals surface area contributed by atoms with Crippen LogP contribution < -0.4 is 16.6 Å². The number of benzene rings is 2. The van der Waals surface area contributed by atoms with Crippen LogP contribution in [0.2, 0.25) is 0 Å². The van der Waals surface area contributed by atoms with Gasteiger partial charge in [-0.25, -0.2) is 8.78 Å². The fourth-order valence-electron chi connectivity index (χ4n) is 4.71. The van der Waals surface area contributed by atoms with E-state index in [4.69, 9.17) is 10.5 Å². The van der Waals surface area contributed by atoms with Crippen LogP contribution in [0.15, 0.2) is 59.4 Å². The van der Waals surface area contributed by atoms with Gasteiger partial charge in [-0.3, -0.25) is 19.0 Å². The highest BCUT2D eigenvalue weighted by Gasteiger charge is 2.28. The lowest BCUT2D eigenvalue weighted by molar-refractivity contribution is -0.154. The molecular formula is C29H31F2N3O5. The Morgan fingerprint density at radius 1 is 1.08 bits per heavy atom. The average molecular weight is 540 g/mol. The number of ether oxygens (including phenoxy) is 1. The fourth-order valence-corrected chi connectivity index (χ4v) is 4.71. The number of nitrogens with zero attached hydrogens (tertiary/aromatic N) is 1. The van der Waals surface area contributed by atoms with Gasteiger partial charge in [-0.2, -0.15) is 0 Å². The molecular weight excluding hydrogens is 508 g/mol. The molecule has 206 valence electrons. The molecule has 39 heavy (non-hydrogen) atoms. The molecule has 1 aliphatic carbocycles. The van der Waals surface area contributed by atoms with E-state index in [-0.39, 0.29) is 23.0 Å². The van der Waals surface area contributed by atoms with Gasteiger partial charge in [0.05, 0.1) is 22.9 Å². The van der Waals surface area contributed by atoms with E-state index >= 15 is 0 Å². The number of hydrogen-bond acceptors (Lipinski definition) is 7. The molecule has 0 bridgehead atoms. The third-order valence-electron chi connectivity index (χ3n) is 6.84. The molecule has 3 aromatic rings. The Morgan fingerprint density at radius 3 is 2.38 bits per heavy atom. The van der Waals surface area contributed by atoms with Crippen molar-refractivity contribution in [3.63, 3.8) is 0 Å². The van der Waals surface area contributed by atoms with Gasteiger partial charge in [0.15, 0.2) is 5.78 Å². The first kappa shape index (κ1) is 28.1. The van der Waals surface area contributed by atoms with Crippen molar-refractivity contribution in [2.24, 2.45) is 0 Å². The molecule has 0 aliphatic heterocycles. The Bertz CT molecular complexity index is 1400. The number of hydrogen-bond donors (Lipinski definition) is 3. The molecule has 0 spiro atoms. The van der Waals surface area contributed by atoms with Gasteiger partial charge in [0.25, 0.3) is 5.56 Å². The van der Waals surface area contributed by atoms with Crippen molar-refractivity contribution >= 4 is 17.6 Å². The Hall–Kier alpha value is -3.89. The Balaban J connectivity index is 1.45. The van der Waals surface area contributed by atoms with Crippen LogP contribution in [-0.4, -0.2) is 46.2 Å². The molecule has 0 saturated heterocycles. The minimum Gasteiger partial charge on any atom is -0.461 e. The Kier molecular flexibility index (Phi) is 8.88. The number of nitrogens with two attached hydrogens (primary N) is 1. The molecule has 1 fully saturated rings. The second kappa shape index (κ2) is 12.3. The Morgan fingerprint density at radius 2 is 1.74 bits per heavy atom. The molecule has 2 aromatic carbocycles. The summed E-state index contributed by atoms with van der Waals surface area (Å²) < 4.78 is 34.1. The van der Waals surface area contributed by atoms with Crippen molar-refractivity contribution in [3.05, 3.63) is 93.3 Å². The number of aliphatic hydroxyl groups is 1. The monoisotopic (exact) mass is 539 g/mol. The third-order valence-corrected chi connectivity index (χ3v) is 6.84. The van der Waals surface area contributed by atoms with Gasteiger partial charge in [0, 0.05) is 18.7 Å². The van der Waals surface area contributed by atoms with Crippen molar-refractivity contribution in [1.29, 1.82) is 0 Å². The van der Waals surface area contributed by atoms with E-state index in [1.807, 2.05) is 0 Å². The predicted molar refractivity (Wildman–Crippen MR) is 142 cm³/mol. The second-order valence-corrected chi connectivity index (χ2v) is 9.69. The zero-order valence-corrected chi connectivity index (χ0v) is 21.5. The summed E-state index contributed by atoms with van der Waals surface area (Å²) >= 11 is 0. The van der Waals surface area contributed by atoms with E-state index in [9.17, 15) is 28.3 Å². The first-order valence-electron chi connectivity index (χ1n) is 12.9. The lowest BCUT2D eigenvalue weighted by Crippen LogP contribution is -2.47. The van der Waals surface area contributed by atoms with Crippen LogP contribution in [0.3, 0.4) is 0 Å². The largest absolute Gasteiger partial charge is 0.461 e. The van der Waals surface area contributed by atoms with Gasteiger partial charge in [-0.1, -0.05) is 12.1 Å². The highest BCUT2D eigenvalue weighted by atomic mass is 19.1. The molecule has 10 heteroatoms. The van der Waals surface area contributed by atoms with Gasteiger partial charge >= 0.3 is 5.97 Å². The quantitative estimate of drug-likeness (QED) is 0.267. The molecule has 1 heterocycles. The van der Waals surface area contributed by atoms with Crippen molar-refractivity contribution in [2.75, 3.05) is 12.3 Å². The van der Waals surface area contributed by atoms with Crippen LogP contribution in [0.1, 0.15) is 54.1 Å². The molecule has 2 atom stereocenters. The number of pyridine rings is 1. The van der Waals surface area contributed by atoms with Gasteiger partial charge in [-0.05, 0) is 74.9 Å². The molecule has 8 nitrogen and oxygen atoms in total. The van der Waals surface area contributed by atoms with Crippen LogP contribution in [-0.2, 0) is 16.0 Å². The zero-order chi connectivity index (χ0) is 28.1. The SMILES string of the molecule is C[C@@H](O)[C@H](NCCc1ccc(-n2c(N)c(C(=O)c3ccc(F)cc3F)ccc2=O)cc1)C(=O)OC1CCCC1. The molecule has 0 amide bonds. The van der Waals surface area contributed by atoms with Crippen molar-refractivity contribution in [1.82, 2.24) is 9.88 Å². The van der Waals surface area contributed by atoms with Gasteiger partial charge in [0.2, 0.25) is 0 Å². The maximum atomic E-state index is 14.2. The zero-order valence-electron chi connectivity index (χ0n) is 21.5. The number of aromatic nitrogens is 1. The van der Waals surface area contributed by atoms with E-state index in [0.717, 1.165) is 54.0 Å². The van der Waals surface area contributed by atoms with Crippen LogP contribution in [0, 0.1) is 11.6 Å². The lowest BCUT2D eigenvalue weighted by Gasteiger charge is -2.22. The van der Waals surface area contributed by atoms with E-state index in [0.29, 0.717) is 24.7 Å². The lowest BCUT2D eigenvalue weighted by atomic mass is 10.0. The smallest absolute Gasteiger partial charge is 0.326 e. The van der Waals surface area contributed by atoms with E-state index in [1.54, 1.807) is 24.3 Å². The van der Waals surface area contributed by atoms with Crippen LogP contribution in [0.25, 0.3) is 5.69 Å². The number of carbonyl (C=O) groups excluding carboxylic acids is 2. The van der Waals surface area contributed by atoms with Gasteiger partial charge in [-0.15, -0.1) is 0 Å². The van der Waals surface area contributed by atoms with Crippen molar-refractivity contribution in [2.45, 2.75) is 57.3 Å². The molecule has 0 radical (unpaired) electrons. The standard InChI is InChI=1S/C29H31F2N3O5/c1-17(35)26(29(38)39-21-4-2-3-5-21)33-15-14-18-6-9-20(10-7-18)34-25(36)13-12-23(28(34)32)27(37)22-11-8-19(30)16-24(22)31/h6-13,16-17,21,26,33,35H,2-5,14-15,32H2,1H3/t17-,26+/m1/s1. The number of anilines is 1. The maximum Gasteiger partial charge on any atom is 0.326 e. The number of ketones is 1. The highest BCUT2D eigenvalue weighted by Crippen LogP contribution is 2.22. The second-order valence-electron chi connectivity index (χ2n) is 9.69. The van der Waals surface area contributed by atoms with Crippen LogP contribution >= 0.6 is 0 Å². The van der Waals surface area contributed by atoms with Crippen molar-refractivity contribution in [3.8, 4) is 5.69 Å². The molecule has 1 aromatic heterocycles. The minimum atomic E-state index is -1.03. The number of aliphatic hydroxyl groups excluding tert-OH is 1. The summed E-state index contributed by atoms with van der Waals surface area (Å²) in [5, 5.41) is 13.1. The van der Waals surface area contributed by atoms with Crippen LogP contribution in [0.5, 0.6) is 0 Å². The first-order valence-corrected chi connectivity index (χ1v) is 12.9. The van der Waals surface area contributed by atoms with Crippen LogP contribution in [0.4, 0.5) is 14.6 Å². The summed E-state index contributed by atoms with van der Waals surface area (Å²) in [5.74, 6) is -3.26. The normalized spacial score (nSPS) is 15.2. The molecule has 0 unspecified atom stereocenters. The van der Waals surface area contributed by atoms with Gasteiger partial charge < -0.3 is 20.9 Å². The molecule has 4 N–H and O–H groups in total. The number of halogens is 2. The van der Waals surface area contributed by atoms with E-state index in [1.165, 1.54) is 13.0 Å². The minimum absolute atomic E-state index is 0.0903. The van der Waals surface area contributed by atoms with Crippen molar-refractivity contribution < 1.29 is 28.2 Å². The number of rotatable bonds is 10. The summed E-state index contributed by atoms with van der Waals surface area (Å²) in [7, 11) is 0. The van der Waals surface area contributed by atoms with E-state index in [2.05, 4.69) is 5.32 Å². The molecule has 1 aliphatic rings. The van der Waals surface area contributed by atoms with E-state index < -0.39 is 41.1 Å². The fraction of sp³-hybridized carbons (Fsp3) is 0.345. The number of carbonyl (C=O) groups is 2. The summed E-state index contributed by atoms with van der Waals surface area (Å²) in [4.78, 5) is 38.0. The summed E-state index contributed by atoms with van der Waals surface area (Å²) in [5.41, 5.74) is 6.50. The number of nitrogens with one attached hydrogen (secondary N) is 1. The predicted octanol–water partition coefficient (Wildman–Crippen LogP) is 3.30. The molecule has 1 saturated carbocycles. The molecule has 4 rings (SSSR count). The van der Waals surface area contributed by atoms with Gasteiger partial charge in [0.1, 0.15) is 29.6 Å². The maximum absolute atomic E-state index is 14.2. The third kappa shape index (κ3) is 6.58. The summed E-state index contributed by atoms with van der Waals surface area (Å²) in [6.45, 7) is 1.93. The number of nitrogen functional groups attached to an aromatic ring is 1. The average Bonchev–Trinajstić information content (AvgIpc) is 3.40. The topological polar surface area (TPSA) is 124 Å². The number of esters is 1.